The van der Waals surface area contributed by atoms with Gasteiger partial charge in [-0.05, 0) is 43.4 Å². The Kier molecular flexibility index (Phi) is 6.67. The van der Waals surface area contributed by atoms with Crippen molar-refractivity contribution in [3.63, 3.8) is 0 Å². The molecule has 1 aromatic heterocycles. The van der Waals surface area contributed by atoms with Crippen molar-refractivity contribution in [1.82, 2.24) is 24.9 Å². The number of fused-ring (bicyclic) bond motifs is 1. The van der Waals surface area contributed by atoms with E-state index in [0.29, 0.717) is 25.2 Å². The van der Waals surface area contributed by atoms with E-state index in [9.17, 15) is 14.7 Å². The monoisotopic (exact) mass is 425 g/mol. The Labute approximate surface area is 182 Å². The number of likely N-dealkylation sites (tertiary alicyclic amines) is 1. The van der Waals surface area contributed by atoms with Crippen LogP contribution in [0, 0.1) is 6.92 Å². The molecule has 0 aliphatic carbocycles. The van der Waals surface area contributed by atoms with E-state index in [1.54, 1.807) is 24.1 Å². The summed E-state index contributed by atoms with van der Waals surface area (Å²) in [5, 5.41) is 17.5. The van der Waals surface area contributed by atoms with Crippen molar-refractivity contribution < 1.29 is 9.90 Å². The second kappa shape index (κ2) is 9.62. The highest BCUT2D eigenvalue weighted by Crippen LogP contribution is 2.20. The van der Waals surface area contributed by atoms with Crippen molar-refractivity contribution in [2.45, 2.75) is 44.9 Å². The van der Waals surface area contributed by atoms with Crippen LogP contribution in [0.25, 0.3) is 0 Å². The highest BCUT2D eigenvalue weighted by atomic mass is 16.3. The number of hydrogen-bond acceptors (Lipinski definition) is 5. The number of β-amino-alcohol motifs (C(OH)–C–C–N with tert-alkyl or cyclic N) is 1. The standard InChI is InChI=1S/C23H31N5O3/c1-17-8-10-25-28(22(17)30)20-7-4-11-27(15-20)23(31)24-13-21(29)16-26-12-9-18-5-2-3-6-19(18)14-26/h2-3,5-6,8,10,20-21,29H,4,7,9,11-16H2,1H3,(H,24,31)/t20-,21+/m1/s1. The van der Waals surface area contributed by atoms with E-state index in [1.165, 1.54) is 15.8 Å². The fourth-order valence-electron chi connectivity index (χ4n) is 4.51. The van der Waals surface area contributed by atoms with E-state index in [1.807, 2.05) is 6.07 Å². The number of amides is 2. The predicted octanol–water partition coefficient (Wildman–Crippen LogP) is 1.32. The maximum absolute atomic E-state index is 12.7. The average Bonchev–Trinajstić information content (AvgIpc) is 2.79. The van der Waals surface area contributed by atoms with Gasteiger partial charge in [-0.3, -0.25) is 9.69 Å². The van der Waals surface area contributed by atoms with Gasteiger partial charge in [0.05, 0.1) is 12.1 Å². The van der Waals surface area contributed by atoms with Crippen molar-refractivity contribution in [3.8, 4) is 0 Å². The molecule has 2 N–H and O–H groups in total. The van der Waals surface area contributed by atoms with Gasteiger partial charge in [0.15, 0.2) is 0 Å². The molecule has 2 amide bonds. The number of piperidine rings is 1. The third-order valence-corrected chi connectivity index (χ3v) is 6.26. The number of carbonyl (C=O) groups is 1. The number of aliphatic hydroxyl groups excluding tert-OH is 1. The lowest BCUT2D eigenvalue weighted by Crippen LogP contribution is -2.50. The molecule has 0 unspecified atom stereocenters. The molecule has 0 saturated carbocycles. The topological polar surface area (TPSA) is 90.7 Å². The Hall–Kier alpha value is -2.71. The number of urea groups is 1. The largest absolute Gasteiger partial charge is 0.390 e. The van der Waals surface area contributed by atoms with Crippen LogP contribution >= 0.6 is 0 Å². The number of aromatic nitrogens is 2. The van der Waals surface area contributed by atoms with Crippen LogP contribution < -0.4 is 10.9 Å². The fourth-order valence-corrected chi connectivity index (χ4v) is 4.51. The van der Waals surface area contributed by atoms with Gasteiger partial charge in [-0.15, -0.1) is 0 Å². The van der Waals surface area contributed by atoms with Crippen molar-refractivity contribution in [3.05, 3.63) is 63.6 Å². The Morgan fingerprint density at radius 1 is 1.26 bits per heavy atom. The maximum atomic E-state index is 12.7. The molecule has 0 spiro atoms. The number of hydrogen-bond donors (Lipinski definition) is 2. The van der Waals surface area contributed by atoms with Crippen LogP contribution in [-0.2, 0) is 13.0 Å². The highest BCUT2D eigenvalue weighted by molar-refractivity contribution is 5.74. The molecule has 8 nitrogen and oxygen atoms in total. The van der Waals surface area contributed by atoms with Crippen LogP contribution in [0.1, 0.15) is 35.6 Å². The Bertz CT molecular complexity index is 976. The summed E-state index contributed by atoms with van der Waals surface area (Å²) in [6.07, 6.45) is 3.62. The van der Waals surface area contributed by atoms with Crippen molar-refractivity contribution in [2.24, 2.45) is 0 Å². The zero-order chi connectivity index (χ0) is 21.8. The first kappa shape index (κ1) is 21.5. The maximum Gasteiger partial charge on any atom is 0.317 e. The Morgan fingerprint density at radius 3 is 2.90 bits per heavy atom. The van der Waals surface area contributed by atoms with Crippen LogP contribution in [0.2, 0.25) is 0 Å². The smallest absolute Gasteiger partial charge is 0.317 e. The molecule has 31 heavy (non-hydrogen) atoms. The minimum atomic E-state index is -0.629. The van der Waals surface area contributed by atoms with Gasteiger partial charge in [-0.25, -0.2) is 9.48 Å². The zero-order valence-corrected chi connectivity index (χ0v) is 18.0. The summed E-state index contributed by atoms with van der Waals surface area (Å²) in [4.78, 5) is 29.0. The molecule has 2 aliphatic rings. The third kappa shape index (κ3) is 5.14. The van der Waals surface area contributed by atoms with Crippen LogP contribution in [0.15, 0.2) is 41.3 Å². The number of aryl methyl sites for hydroxylation is 1. The van der Waals surface area contributed by atoms with Crippen LogP contribution in [0.3, 0.4) is 0 Å². The minimum absolute atomic E-state index is 0.103. The highest BCUT2D eigenvalue weighted by Gasteiger charge is 2.27. The molecule has 0 radical (unpaired) electrons. The first-order chi connectivity index (χ1) is 15.0. The first-order valence-corrected chi connectivity index (χ1v) is 11.1. The average molecular weight is 426 g/mol. The molecule has 2 aliphatic heterocycles. The molecule has 1 fully saturated rings. The quantitative estimate of drug-likeness (QED) is 0.754. The van der Waals surface area contributed by atoms with Gasteiger partial charge in [0.25, 0.3) is 5.56 Å². The summed E-state index contributed by atoms with van der Waals surface area (Å²) < 4.78 is 1.50. The second-order valence-electron chi connectivity index (χ2n) is 8.60. The van der Waals surface area contributed by atoms with Crippen molar-refractivity contribution in [1.29, 1.82) is 0 Å². The number of rotatable bonds is 5. The lowest BCUT2D eigenvalue weighted by Gasteiger charge is -2.33. The van der Waals surface area contributed by atoms with Crippen LogP contribution in [0.4, 0.5) is 4.79 Å². The van der Waals surface area contributed by atoms with E-state index in [-0.39, 0.29) is 24.2 Å². The summed E-state index contributed by atoms with van der Waals surface area (Å²) >= 11 is 0. The zero-order valence-electron chi connectivity index (χ0n) is 18.0. The molecule has 4 rings (SSSR count). The second-order valence-corrected chi connectivity index (χ2v) is 8.60. The summed E-state index contributed by atoms with van der Waals surface area (Å²) in [7, 11) is 0. The van der Waals surface area contributed by atoms with E-state index >= 15 is 0 Å². The molecule has 2 atom stereocenters. The van der Waals surface area contributed by atoms with Gasteiger partial charge in [-0.2, -0.15) is 5.10 Å². The number of carbonyl (C=O) groups excluding carboxylic acids is 1. The van der Waals surface area contributed by atoms with Gasteiger partial charge in [0, 0.05) is 51.0 Å². The Morgan fingerprint density at radius 2 is 2.06 bits per heavy atom. The lowest BCUT2D eigenvalue weighted by molar-refractivity contribution is 0.101. The summed E-state index contributed by atoms with van der Waals surface area (Å²) in [5.41, 5.74) is 3.24. The van der Waals surface area contributed by atoms with Gasteiger partial charge < -0.3 is 15.3 Å². The van der Waals surface area contributed by atoms with Crippen LogP contribution in [-0.4, -0.2) is 69.5 Å². The van der Waals surface area contributed by atoms with Gasteiger partial charge in [0.1, 0.15) is 0 Å². The molecule has 0 bridgehead atoms. The van der Waals surface area contributed by atoms with Gasteiger partial charge >= 0.3 is 6.03 Å². The molecule has 2 aromatic rings. The SMILES string of the molecule is Cc1ccnn([C@@H]2CCCN(C(=O)NC[C@H](O)CN3CCc4ccccc4C3)C2)c1=O. The number of aliphatic hydroxyl groups is 1. The van der Waals surface area contributed by atoms with E-state index in [2.05, 4.69) is 33.5 Å². The van der Waals surface area contributed by atoms with Crippen molar-refractivity contribution in [2.75, 3.05) is 32.7 Å². The predicted molar refractivity (Wildman–Crippen MR) is 118 cm³/mol. The molecular formula is C23H31N5O3. The Balaban J connectivity index is 1.26. The summed E-state index contributed by atoms with van der Waals surface area (Å²) in [6, 6.07) is 9.79. The number of nitrogens with zero attached hydrogens (tertiary/aromatic N) is 4. The number of nitrogens with one attached hydrogen (secondary N) is 1. The molecule has 166 valence electrons. The van der Waals surface area contributed by atoms with E-state index in [4.69, 9.17) is 0 Å². The van der Waals surface area contributed by atoms with Crippen LogP contribution in [0.5, 0.6) is 0 Å². The third-order valence-electron chi connectivity index (χ3n) is 6.26. The minimum Gasteiger partial charge on any atom is -0.390 e. The molecule has 3 heterocycles. The molecule has 1 saturated heterocycles. The first-order valence-electron chi connectivity index (χ1n) is 11.1. The van der Waals surface area contributed by atoms with Gasteiger partial charge in [0.2, 0.25) is 0 Å². The van der Waals surface area contributed by atoms with Crippen molar-refractivity contribution >= 4 is 6.03 Å². The normalized spacial score (nSPS) is 20.2. The summed E-state index contributed by atoms with van der Waals surface area (Å²) in [6.45, 7) is 5.33. The van der Waals surface area contributed by atoms with E-state index in [0.717, 1.165) is 32.4 Å². The fraction of sp³-hybridized carbons (Fsp3) is 0.522. The summed E-state index contributed by atoms with van der Waals surface area (Å²) in [5.74, 6) is 0. The molecular weight excluding hydrogens is 394 g/mol. The lowest BCUT2D eigenvalue weighted by atomic mass is 10.00. The molecule has 8 heteroatoms. The van der Waals surface area contributed by atoms with E-state index < -0.39 is 6.10 Å². The molecule has 1 aromatic carbocycles. The van der Waals surface area contributed by atoms with Gasteiger partial charge in [-0.1, -0.05) is 24.3 Å². The number of benzene rings is 1.